The number of thioether (sulfide) groups is 1. The Bertz CT molecular complexity index is 531. The van der Waals surface area contributed by atoms with Crippen molar-refractivity contribution in [3.63, 3.8) is 0 Å². The lowest BCUT2D eigenvalue weighted by atomic mass is 10.0. The average molecular weight is 325 g/mol. The van der Waals surface area contributed by atoms with Crippen molar-refractivity contribution in [1.82, 2.24) is 5.32 Å². The molecule has 6 heteroatoms. The second-order valence-electron chi connectivity index (χ2n) is 5.52. The van der Waals surface area contributed by atoms with E-state index in [-0.39, 0.29) is 12.5 Å². The highest BCUT2D eigenvalue weighted by Gasteiger charge is 2.22. The first-order valence-corrected chi connectivity index (χ1v) is 8.14. The second kappa shape index (κ2) is 8.19. The number of carboxylic acids is 1. The molecule has 0 spiro atoms. The molecule has 5 nitrogen and oxygen atoms in total. The molecule has 0 fully saturated rings. The molecule has 22 heavy (non-hydrogen) atoms. The van der Waals surface area contributed by atoms with Crippen LogP contribution in [0.2, 0.25) is 0 Å². The number of benzene rings is 1. The smallest absolute Gasteiger partial charge is 0.316 e. The summed E-state index contributed by atoms with van der Waals surface area (Å²) in [6.45, 7) is 5.39. The molecular weight excluding hydrogens is 302 g/mol. The Morgan fingerprint density at radius 1 is 1.36 bits per heavy atom. The second-order valence-corrected chi connectivity index (χ2v) is 6.91. The third-order valence-electron chi connectivity index (χ3n) is 3.20. The Hall–Kier alpha value is -1.53. The number of carboxylic acid groups (broad SMARTS) is 1. The van der Waals surface area contributed by atoms with Gasteiger partial charge in [0, 0.05) is 11.4 Å². The topological polar surface area (TPSA) is 86.6 Å². The van der Waals surface area contributed by atoms with Crippen molar-refractivity contribution in [2.45, 2.75) is 49.4 Å². The molecule has 0 aliphatic rings. The number of carbonyl (C=O) groups is 2. The van der Waals surface area contributed by atoms with Gasteiger partial charge in [0.2, 0.25) is 0 Å². The van der Waals surface area contributed by atoms with Crippen LogP contribution in [0.1, 0.15) is 44.0 Å². The van der Waals surface area contributed by atoms with E-state index < -0.39 is 16.8 Å². The maximum atomic E-state index is 12.3. The lowest BCUT2D eigenvalue weighted by Gasteiger charge is -2.23. The molecule has 0 aliphatic carbocycles. The number of amides is 1. The average Bonchev–Trinajstić information content (AvgIpc) is 2.45. The molecule has 1 aromatic rings. The van der Waals surface area contributed by atoms with Crippen LogP contribution in [-0.4, -0.2) is 39.5 Å². The standard InChI is InChI=1S/C16H23NO4S/c1-4-9-16(3,21)10-17-14(18)12-7-5-6-8-13(12)22-11(2)15(19)20/h5-8,11,21H,4,9-10H2,1-3H3,(H,17,18)(H,19,20). The number of aliphatic carboxylic acids is 1. The summed E-state index contributed by atoms with van der Waals surface area (Å²) in [6, 6.07) is 6.87. The highest BCUT2D eigenvalue weighted by atomic mass is 32.2. The molecule has 122 valence electrons. The predicted molar refractivity (Wildman–Crippen MR) is 87.3 cm³/mol. The van der Waals surface area contributed by atoms with Gasteiger partial charge in [0.15, 0.2) is 0 Å². The van der Waals surface area contributed by atoms with Gasteiger partial charge < -0.3 is 15.5 Å². The van der Waals surface area contributed by atoms with E-state index in [4.69, 9.17) is 5.11 Å². The van der Waals surface area contributed by atoms with Crippen LogP contribution < -0.4 is 5.32 Å². The van der Waals surface area contributed by atoms with Crippen LogP contribution in [0.5, 0.6) is 0 Å². The molecule has 3 N–H and O–H groups in total. The van der Waals surface area contributed by atoms with E-state index in [1.54, 1.807) is 38.1 Å². The lowest BCUT2D eigenvalue weighted by molar-refractivity contribution is -0.136. The summed E-state index contributed by atoms with van der Waals surface area (Å²) < 4.78 is 0. The fourth-order valence-corrected chi connectivity index (χ4v) is 2.92. The molecule has 0 aromatic heterocycles. The Labute approximate surface area is 135 Å². The molecular formula is C16H23NO4S. The molecule has 2 unspecified atom stereocenters. The molecule has 0 radical (unpaired) electrons. The van der Waals surface area contributed by atoms with Crippen molar-refractivity contribution in [2.24, 2.45) is 0 Å². The summed E-state index contributed by atoms with van der Waals surface area (Å²) in [7, 11) is 0. The Kier molecular flexibility index (Phi) is 6.90. The molecule has 1 rings (SSSR count). The number of hydrogen-bond donors (Lipinski definition) is 3. The summed E-state index contributed by atoms with van der Waals surface area (Å²) in [5.41, 5.74) is -0.520. The lowest BCUT2D eigenvalue weighted by Crippen LogP contribution is -2.40. The van der Waals surface area contributed by atoms with Gasteiger partial charge in [-0.3, -0.25) is 9.59 Å². The van der Waals surface area contributed by atoms with Crippen LogP contribution >= 0.6 is 11.8 Å². The van der Waals surface area contributed by atoms with Crippen molar-refractivity contribution >= 4 is 23.6 Å². The van der Waals surface area contributed by atoms with E-state index in [1.807, 2.05) is 6.92 Å². The fraction of sp³-hybridized carbons (Fsp3) is 0.500. The minimum atomic E-state index is -0.944. The molecule has 1 amide bonds. The van der Waals surface area contributed by atoms with E-state index in [0.717, 1.165) is 18.2 Å². The first-order chi connectivity index (χ1) is 10.3. The summed E-state index contributed by atoms with van der Waals surface area (Å²) in [5, 5.41) is 21.2. The summed E-state index contributed by atoms with van der Waals surface area (Å²) in [5.74, 6) is -1.23. The third-order valence-corrected chi connectivity index (χ3v) is 4.37. The summed E-state index contributed by atoms with van der Waals surface area (Å²) in [4.78, 5) is 23.9. The van der Waals surface area contributed by atoms with Crippen LogP contribution in [0.3, 0.4) is 0 Å². The zero-order valence-electron chi connectivity index (χ0n) is 13.1. The minimum absolute atomic E-state index is 0.160. The van der Waals surface area contributed by atoms with Gasteiger partial charge in [-0.05, 0) is 32.4 Å². The first-order valence-electron chi connectivity index (χ1n) is 7.26. The molecule has 0 aliphatic heterocycles. The van der Waals surface area contributed by atoms with Crippen molar-refractivity contribution in [1.29, 1.82) is 0 Å². The van der Waals surface area contributed by atoms with E-state index >= 15 is 0 Å². The van der Waals surface area contributed by atoms with E-state index in [2.05, 4.69) is 5.32 Å². The number of nitrogens with one attached hydrogen (secondary N) is 1. The minimum Gasteiger partial charge on any atom is -0.480 e. The Morgan fingerprint density at radius 2 is 2.00 bits per heavy atom. The van der Waals surface area contributed by atoms with Gasteiger partial charge in [-0.25, -0.2) is 0 Å². The van der Waals surface area contributed by atoms with Gasteiger partial charge >= 0.3 is 5.97 Å². The van der Waals surface area contributed by atoms with Crippen LogP contribution in [0.15, 0.2) is 29.2 Å². The number of rotatable bonds is 8. The third kappa shape index (κ3) is 5.69. The number of carbonyl (C=O) groups excluding carboxylic acids is 1. The molecule has 0 saturated heterocycles. The number of aliphatic hydroxyl groups is 1. The summed E-state index contributed by atoms with van der Waals surface area (Å²) >= 11 is 1.13. The highest BCUT2D eigenvalue weighted by Crippen LogP contribution is 2.27. The predicted octanol–water partition coefficient (Wildman–Crippen LogP) is 2.53. The molecule has 1 aromatic carbocycles. The van der Waals surface area contributed by atoms with Gasteiger partial charge in [-0.15, -0.1) is 11.8 Å². The van der Waals surface area contributed by atoms with Crippen molar-refractivity contribution in [2.75, 3.05) is 6.54 Å². The van der Waals surface area contributed by atoms with Crippen LogP contribution in [0.4, 0.5) is 0 Å². The van der Waals surface area contributed by atoms with E-state index in [0.29, 0.717) is 16.9 Å². The van der Waals surface area contributed by atoms with E-state index in [1.165, 1.54) is 0 Å². The van der Waals surface area contributed by atoms with Gasteiger partial charge in [0.05, 0.1) is 11.2 Å². The maximum absolute atomic E-state index is 12.3. The zero-order chi connectivity index (χ0) is 16.8. The Balaban J connectivity index is 2.79. The van der Waals surface area contributed by atoms with Crippen LogP contribution in [-0.2, 0) is 4.79 Å². The molecule has 0 bridgehead atoms. The van der Waals surface area contributed by atoms with Crippen molar-refractivity contribution in [3.05, 3.63) is 29.8 Å². The quantitative estimate of drug-likeness (QED) is 0.639. The van der Waals surface area contributed by atoms with Crippen molar-refractivity contribution < 1.29 is 19.8 Å². The van der Waals surface area contributed by atoms with Crippen LogP contribution in [0, 0.1) is 0 Å². The molecule has 0 heterocycles. The van der Waals surface area contributed by atoms with Gasteiger partial charge in [0.25, 0.3) is 5.91 Å². The van der Waals surface area contributed by atoms with E-state index in [9.17, 15) is 14.7 Å². The zero-order valence-corrected chi connectivity index (χ0v) is 13.9. The highest BCUT2D eigenvalue weighted by molar-refractivity contribution is 8.00. The number of hydrogen-bond acceptors (Lipinski definition) is 4. The van der Waals surface area contributed by atoms with Crippen LogP contribution in [0.25, 0.3) is 0 Å². The monoisotopic (exact) mass is 325 g/mol. The van der Waals surface area contributed by atoms with Gasteiger partial charge in [-0.1, -0.05) is 25.5 Å². The normalized spacial score (nSPS) is 14.9. The first kappa shape index (κ1) is 18.5. The molecule has 0 saturated carbocycles. The molecule has 2 atom stereocenters. The van der Waals surface area contributed by atoms with Gasteiger partial charge in [-0.2, -0.15) is 0 Å². The fourth-order valence-electron chi connectivity index (χ4n) is 1.99. The van der Waals surface area contributed by atoms with Crippen molar-refractivity contribution in [3.8, 4) is 0 Å². The maximum Gasteiger partial charge on any atom is 0.316 e. The largest absolute Gasteiger partial charge is 0.480 e. The van der Waals surface area contributed by atoms with Gasteiger partial charge in [0.1, 0.15) is 5.25 Å². The SMILES string of the molecule is CCCC(C)(O)CNC(=O)c1ccccc1SC(C)C(=O)O. The summed E-state index contributed by atoms with van der Waals surface area (Å²) in [6.07, 6.45) is 1.42. The Morgan fingerprint density at radius 3 is 2.59 bits per heavy atom.